The molecular formula is C15H18ClF2N5O2. The monoisotopic (exact) mass is 373 g/mol. The van der Waals surface area contributed by atoms with Crippen LogP contribution in [0.25, 0.3) is 0 Å². The molecule has 0 unspecified atom stereocenters. The summed E-state index contributed by atoms with van der Waals surface area (Å²) >= 11 is 6.08. The first kappa shape index (κ1) is 17.8. The normalized spacial score (nSPS) is 14.6. The Labute approximate surface area is 148 Å². The van der Waals surface area contributed by atoms with Gasteiger partial charge in [0.1, 0.15) is 11.6 Å². The first-order valence-electron chi connectivity index (χ1n) is 7.66. The molecule has 1 aromatic carbocycles. The number of hydrogen-bond acceptors (Lipinski definition) is 6. The number of methoxy groups -OCH3 is 1. The van der Waals surface area contributed by atoms with Gasteiger partial charge in [0.2, 0.25) is 0 Å². The van der Waals surface area contributed by atoms with Gasteiger partial charge in [-0.05, 0) is 17.7 Å². The van der Waals surface area contributed by atoms with Crippen LogP contribution < -0.4 is 15.2 Å². The van der Waals surface area contributed by atoms with Crippen molar-refractivity contribution in [2.75, 3.05) is 13.7 Å². The van der Waals surface area contributed by atoms with Gasteiger partial charge < -0.3 is 19.8 Å². The van der Waals surface area contributed by atoms with Crippen LogP contribution in [0.2, 0.25) is 5.02 Å². The summed E-state index contributed by atoms with van der Waals surface area (Å²) in [6.07, 6.45) is 0. The minimum atomic E-state index is -2.97. The highest BCUT2D eigenvalue weighted by Crippen LogP contribution is 2.37. The molecule has 0 fully saturated rings. The summed E-state index contributed by atoms with van der Waals surface area (Å²) in [5.74, 6) is 1.64. The number of hydrogen-bond donors (Lipinski definition) is 1. The van der Waals surface area contributed by atoms with E-state index >= 15 is 0 Å². The van der Waals surface area contributed by atoms with Crippen LogP contribution in [0.5, 0.6) is 11.5 Å². The first-order valence-corrected chi connectivity index (χ1v) is 8.04. The van der Waals surface area contributed by atoms with Crippen LogP contribution in [-0.2, 0) is 26.2 Å². The molecule has 25 heavy (non-hydrogen) atoms. The van der Waals surface area contributed by atoms with Gasteiger partial charge in [-0.15, -0.1) is 10.2 Å². The van der Waals surface area contributed by atoms with Crippen molar-refractivity contribution < 1.29 is 18.3 Å². The van der Waals surface area contributed by atoms with Crippen molar-refractivity contribution in [2.24, 2.45) is 5.73 Å². The van der Waals surface area contributed by atoms with Crippen LogP contribution in [-0.4, -0.2) is 39.9 Å². The van der Waals surface area contributed by atoms with Gasteiger partial charge in [0.15, 0.2) is 11.5 Å². The number of aromatic nitrogens is 3. The first-order chi connectivity index (χ1) is 12.0. The van der Waals surface area contributed by atoms with Gasteiger partial charge in [0.25, 0.3) is 0 Å². The van der Waals surface area contributed by atoms with Crippen LogP contribution >= 0.6 is 11.6 Å². The van der Waals surface area contributed by atoms with E-state index in [1.807, 2.05) is 4.57 Å². The van der Waals surface area contributed by atoms with Crippen LogP contribution in [0.1, 0.15) is 17.2 Å². The molecule has 2 heterocycles. The summed E-state index contributed by atoms with van der Waals surface area (Å²) in [6, 6.07) is 3.25. The number of benzene rings is 1. The summed E-state index contributed by atoms with van der Waals surface area (Å²) < 4.78 is 36.6. The highest BCUT2D eigenvalue weighted by Gasteiger charge is 2.22. The second-order valence-electron chi connectivity index (χ2n) is 5.59. The van der Waals surface area contributed by atoms with E-state index in [-0.39, 0.29) is 16.5 Å². The van der Waals surface area contributed by atoms with E-state index in [2.05, 4.69) is 19.8 Å². The molecule has 3 rings (SSSR count). The lowest BCUT2D eigenvalue weighted by Gasteiger charge is -2.28. The average molecular weight is 374 g/mol. The Hall–Kier alpha value is -1.97. The maximum Gasteiger partial charge on any atom is 0.387 e. The Kier molecular flexibility index (Phi) is 5.36. The number of nitrogens with zero attached hydrogens (tertiary/aromatic N) is 4. The van der Waals surface area contributed by atoms with Crippen molar-refractivity contribution in [3.8, 4) is 11.5 Å². The predicted molar refractivity (Wildman–Crippen MR) is 86.7 cm³/mol. The average Bonchev–Trinajstić information content (AvgIpc) is 2.99. The van der Waals surface area contributed by atoms with E-state index in [0.29, 0.717) is 19.6 Å². The predicted octanol–water partition coefficient (Wildman–Crippen LogP) is 2.02. The van der Waals surface area contributed by atoms with E-state index in [0.717, 1.165) is 30.3 Å². The van der Waals surface area contributed by atoms with Crippen molar-refractivity contribution in [1.82, 2.24) is 19.7 Å². The topological polar surface area (TPSA) is 78.4 Å². The van der Waals surface area contributed by atoms with Crippen LogP contribution in [0.4, 0.5) is 8.78 Å². The lowest BCUT2D eigenvalue weighted by Crippen LogP contribution is -2.34. The van der Waals surface area contributed by atoms with Crippen molar-refractivity contribution in [3.05, 3.63) is 34.4 Å². The SMILES string of the molecule is COc1cc(CN2CCn3c(CN)nnc3C2)cc(Cl)c1OC(F)F. The van der Waals surface area contributed by atoms with Crippen molar-refractivity contribution >= 4 is 11.6 Å². The summed E-state index contributed by atoms with van der Waals surface area (Å²) in [5.41, 5.74) is 6.47. The molecule has 1 aliphatic heterocycles. The Morgan fingerprint density at radius 1 is 1.32 bits per heavy atom. The third-order valence-electron chi connectivity index (χ3n) is 3.99. The van der Waals surface area contributed by atoms with Crippen LogP contribution in [0, 0.1) is 0 Å². The minimum absolute atomic E-state index is 0.0836. The zero-order chi connectivity index (χ0) is 18.0. The van der Waals surface area contributed by atoms with Crippen LogP contribution in [0.3, 0.4) is 0 Å². The van der Waals surface area contributed by atoms with E-state index in [9.17, 15) is 8.78 Å². The standard InChI is InChI=1S/C15H18ClF2N5O2/c1-24-11-5-9(4-10(16)14(11)25-15(17)18)7-22-2-3-23-12(6-19)20-21-13(23)8-22/h4-5,15H,2-3,6-8,19H2,1H3. The Morgan fingerprint density at radius 2 is 2.12 bits per heavy atom. The van der Waals surface area contributed by atoms with Gasteiger partial charge in [-0.2, -0.15) is 8.78 Å². The fraction of sp³-hybridized carbons (Fsp3) is 0.467. The highest BCUT2D eigenvalue weighted by molar-refractivity contribution is 6.32. The number of fused-ring (bicyclic) bond motifs is 1. The summed E-state index contributed by atoms with van der Waals surface area (Å²) in [7, 11) is 1.38. The molecule has 10 heteroatoms. The number of alkyl halides is 2. The minimum Gasteiger partial charge on any atom is -0.493 e. The molecule has 7 nitrogen and oxygen atoms in total. The number of rotatable bonds is 6. The lowest BCUT2D eigenvalue weighted by molar-refractivity contribution is -0.0511. The molecular weight excluding hydrogens is 356 g/mol. The lowest BCUT2D eigenvalue weighted by atomic mass is 10.1. The molecule has 136 valence electrons. The molecule has 2 aromatic rings. The van der Waals surface area contributed by atoms with E-state index in [4.69, 9.17) is 22.1 Å². The number of halogens is 3. The number of nitrogens with two attached hydrogens (primary N) is 1. The van der Waals surface area contributed by atoms with Gasteiger partial charge in [0, 0.05) is 19.6 Å². The summed E-state index contributed by atoms with van der Waals surface area (Å²) in [5, 5.41) is 8.31. The zero-order valence-electron chi connectivity index (χ0n) is 13.6. The van der Waals surface area contributed by atoms with Crippen molar-refractivity contribution in [2.45, 2.75) is 32.8 Å². The molecule has 0 radical (unpaired) electrons. The molecule has 1 aromatic heterocycles. The maximum atomic E-state index is 12.5. The maximum absolute atomic E-state index is 12.5. The number of ether oxygens (including phenoxy) is 2. The third kappa shape index (κ3) is 3.83. The second kappa shape index (κ2) is 7.51. The van der Waals surface area contributed by atoms with Gasteiger partial charge in [-0.3, -0.25) is 4.90 Å². The van der Waals surface area contributed by atoms with Gasteiger partial charge in [-0.1, -0.05) is 11.6 Å². The molecule has 2 N–H and O–H groups in total. The third-order valence-corrected chi connectivity index (χ3v) is 4.27. The highest BCUT2D eigenvalue weighted by atomic mass is 35.5. The Bertz CT molecular complexity index is 756. The van der Waals surface area contributed by atoms with Gasteiger partial charge in [0.05, 0.1) is 25.2 Å². The van der Waals surface area contributed by atoms with E-state index in [1.165, 1.54) is 7.11 Å². The quantitative estimate of drug-likeness (QED) is 0.834. The largest absolute Gasteiger partial charge is 0.493 e. The van der Waals surface area contributed by atoms with Crippen molar-refractivity contribution in [3.63, 3.8) is 0 Å². The van der Waals surface area contributed by atoms with Gasteiger partial charge >= 0.3 is 6.61 Å². The molecule has 0 aliphatic carbocycles. The van der Waals surface area contributed by atoms with Crippen molar-refractivity contribution in [1.29, 1.82) is 0 Å². The zero-order valence-corrected chi connectivity index (χ0v) is 14.3. The molecule has 1 aliphatic rings. The fourth-order valence-corrected chi connectivity index (χ4v) is 3.16. The van der Waals surface area contributed by atoms with E-state index < -0.39 is 6.61 Å². The second-order valence-corrected chi connectivity index (χ2v) is 5.99. The molecule has 0 spiro atoms. The molecule has 0 amide bonds. The summed E-state index contributed by atoms with van der Waals surface area (Å²) in [6.45, 7) is 0.0886. The van der Waals surface area contributed by atoms with Crippen LogP contribution in [0.15, 0.2) is 12.1 Å². The van der Waals surface area contributed by atoms with E-state index in [1.54, 1.807) is 12.1 Å². The smallest absolute Gasteiger partial charge is 0.387 e. The Balaban J connectivity index is 1.76. The van der Waals surface area contributed by atoms with Gasteiger partial charge in [-0.25, -0.2) is 0 Å². The Morgan fingerprint density at radius 3 is 2.80 bits per heavy atom. The fourth-order valence-electron chi connectivity index (χ4n) is 2.88. The molecule has 0 saturated heterocycles. The summed E-state index contributed by atoms with van der Waals surface area (Å²) in [4.78, 5) is 2.16. The molecule has 0 bridgehead atoms. The molecule has 0 saturated carbocycles. The molecule has 0 atom stereocenters.